The second-order valence-electron chi connectivity index (χ2n) is 5.34. The second kappa shape index (κ2) is 6.64. The van der Waals surface area contributed by atoms with Crippen LogP contribution in [-0.2, 0) is 11.8 Å². The van der Waals surface area contributed by atoms with Crippen LogP contribution in [0, 0.1) is 12.7 Å². The zero-order valence-electron chi connectivity index (χ0n) is 14.0. The largest absolute Gasteiger partial charge is 0.465 e. The number of halogens is 1. The van der Waals surface area contributed by atoms with Gasteiger partial charge in [-0.1, -0.05) is 11.3 Å². The third-order valence-corrected chi connectivity index (χ3v) is 4.67. The third-order valence-electron chi connectivity index (χ3n) is 3.62. The van der Waals surface area contributed by atoms with Crippen LogP contribution in [-0.4, -0.2) is 33.8 Å². The maximum atomic E-state index is 13.5. The number of fused-ring (bicyclic) bond motifs is 1. The van der Waals surface area contributed by atoms with Crippen molar-refractivity contribution in [2.45, 2.75) is 6.92 Å². The number of benzene rings is 1. The van der Waals surface area contributed by atoms with Crippen molar-refractivity contribution < 1.29 is 18.7 Å². The lowest BCUT2D eigenvalue weighted by molar-refractivity contribution is 0.0605. The highest BCUT2D eigenvalue weighted by atomic mass is 32.1. The van der Waals surface area contributed by atoms with Crippen molar-refractivity contribution in [2.75, 3.05) is 12.4 Å². The molecule has 0 aliphatic heterocycles. The minimum atomic E-state index is -0.804. The highest BCUT2D eigenvalue weighted by molar-refractivity contribution is 7.17. The van der Waals surface area contributed by atoms with E-state index in [0.29, 0.717) is 11.2 Å². The number of thiazole rings is 1. The van der Waals surface area contributed by atoms with Crippen LogP contribution in [0.1, 0.15) is 25.9 Å². The molecule has 10 heteroatoms. The number of carbonyl (C=O) groups excluding carboxylic acids is 2. The Balaban J connectivity index is 2.00. The van der Waals surface area contributed by atoms with E-state index < -0.39 is 28.8 Å². The molecule has 8 nitrogen and oxygen atoms in total. The number of nitrogens with zero attached hydrogens (tertiary/aromatic N) is 3. The first-order chi connectivity index (χ1) is 12.3. The SMILES string of the molecule is COC(=O)c1sc(NC(=O)c2nn(C)c3ccc(F)cc3c2=O)nc1C. The minimum absolute atomic E-state index is 0.0400. The first-order valence-electron chi connectivity index (χ1n) is 7.35. The normalized spacial score (nSPS) is 10.8. The van der Waals surface area contributed by atoms with Crippen molar-refractivity contribution in [2.24, 2.45) is 7.05 Å². The van der Waals surface area contributed by atoms with Crippen LogP contribution in [0.3, 0.4) is 0 Å². The molecule has 0 aliphatic rings. The van der Waals surface area contributed by atoms with Gasteiger partial charge in [0.2, 0.25) is 5.43 Å². The number of aromatic nitrogens is 3. The number of ether oxygens (including phenoxy) is 1. The average molecular weight is 376 g/mol. The van der Waals surface area contributed by atoms with Crippen molar-refractivity contribution in [1.29, 1.82) is 0 Å². The molecule has 0 unspecified atom stereocenters. The number of methoxy groups -OCH3 is 1. The molecule has 0 radical (unpaired) electrons. The molecule has 2 aromatic heterocycles. The van der Waals surface area contributed by atoms with Crippen molar-refractivity contribution in [3.63, 3.8) is 0 Å². The predicted molar refractivity (Wildman–Crippen MR) is 93.1 cm³/mol. The Morgan fingerprint density at radius 3 is 2.77 bits per heavy atom. The van der Waals surface area contributed by atoms with Crippen molar-refractivity contribution in [3.05, 3.63) is 50.5 Å². The van der Waals surface area contributed by atoms with Crippen LogP contribution in [0.5, 0.6) is 0 Å². The fourth-order valence-electron chi connectivity index (χ4n) is 2.39. The fourth-order valence-corrected chi connectivity index (χ4v) is 3.27. The fraction of sp³-hybridized carbons (Fsp3) is 0.188. The van der Waals surface area contributed by atoms with E-state index in [1.165, 1.54) is 23.9 Å². The standard InChI is InChI=1S/C16H13FN4O4S/c1-7-13(15(24)25-3)26-16(18-7)19-14(23)11-12(22)9-6-8(17)4-5-10(9)21(2)20-11/h4-6H,1-3H3,(H,18,19,23). The molecule has 1 amide bonds. The van der Waals surface area contributed by atoms with Gasteiger partial charge in [0, 0.05) is 7.05 Å². The number of hydrogen-bond acceptors (Lipinski definition) is 7. The third kappa shape index (κ3) is 3.06. The lowest BCUT2D eigenvalue weighted by atomic mass is 10.2. The number of hydrogen-bond donors (Lipinski definition) is 1. The van der Waals surface area contributed by atoms with Gasteiger partial charge in [-0.15, -0.1) is 0 Å². The molecule has 2 heterocycles. The lowest BCUT2D eigenvalue weighted by Gasteiger charge is -2.07. The van der Waals surface area contributed by atoms with Gasteiger partial charge in [-0.05, 0) is 25.1 Å². The molecular formula is C16H13FN4O4S. The number of aryl methyl sites for hydroxylation is 2. The monoisotopic (exact) mass is 376 g/mol. The Bertz CT molecular complexity index is 1110. The Hall–Kier alpha value is -3.14. The summed E-state index contributed by atoms with van der Waals surface area (Å²) in [5.74, 6) is -1.97. The maximum Gasteiger partial charge on any atom is 0.350 e. The van der Waals surface area contributed by atoms with Gasteiger partial charge in [0.25, 0.3) is 5.91 Å². The summed E-state index contributed by atoms with van der Waals surface area (Å²) in [6.07, 6.45) is 0. The lowest BCUT2D eigenvalue weighted by Crippen LogP contribution is -2.26. The number of amides is 1. The molecule has 134 valence electrons. The van der Waals surface area contributed by atoms with Crippen LogP contribution in [0.25, 0.3) is 10.9 Å². The van der Waals surface area contributed by atoms with Gasteiger partial charge in [0.1, 0.15) is 10.7 Å². The predicted octanol–water partition coefficient (Wildman–Crippen LogP) is 1.88. The molecule has 0 atom stereocenters. The topological polar surface area (TPSA) is 103 Å². The molecule has 1 N–H and O–H groups in total. The number of carbonyl (C=O) groups is 2. The Kier molecular flexibility index (Phi) is 4.51. The van der Waals surface area contributed by atoms with Gasteiger partial charge in [0.05, 0.1) is 23.7 Å². The number of nitrogens with one attached hydrogen (secondary N) is 1. The molecule has 0 bridgehead atoms. The second-order valence-corrected chi connectivity index (χ2v) is 6.34. The summed E-state index contributed by atoms with van der Waals surface area (Å²) < 4.78 is 19.4. The first kappa shape index (κ1) is 17.7. The molecule has 0 saturated heterocycles. The van der Waals surface area contributed by atoms with Crippen LogP contribution >= 0.6 is 11.3 Å². The van der Waals surface area contributed by atoms with Crippen molar-refractivity contribution in [1.82, 2.24) is 14.8 Å². The molecule has 0 aliphatic carbocycles. The van der Waals surface area contributed by atoms with Crippen molar-refractivity contribution in [3.8, 4) is 0 Å². The highest BCUT2D eigenvalue weighted by Crippen LogP contribution is 2.23. The van der Waals surface area contributed by atoms with E-state index in [-0.39, 0.29) is 15.4 Å². The zero-order valence-corrected chi connectivity index (χ0v) is 14.8. The van der Waals surface area contributed by atoms with Gasteiger partial charge in [-0.2, -0.15) is 5.10 Å². The number of anilines is 1. The van der Waals surface area contributed by atoms with Crippen LogP contribution < -0.4 is 10.7 Å². The summed E-state index contributed by atoms with van der Waals surface area (Å²) in [6.45, 7) is 1.59. The highest BCUT2D eigenvalue weighted by Gasteiger charge is 2.21. The van der Waals surface area contributed by atoms with Gasteiger partial charge < -0.3 is 4.74 Å². The summed E-state index contributed by atoms with van der Waals surface area (Å²) in [5, 5.41) is 6.56. The molecule has 3 rings (SSSR count). The smallest absolute Gasteiger partial charge is 0.350 e. The van der Waals surface area contributed by atoms with Gasteiger partial charge in [-0.25, -0.2) is 14.2 Å². The van der Waals surface area contributed by atoms with Crippen molar-refractivity contribution >= 4 is 39.2 Å². The average Bonchev–Trinajstić information content (AvgIpc) is 2.97. The van der Waals surface area contributed by atoms with Gasteiger partial charge in [-0.3, -0.25) is 19.6 Å². The van der Waals surface area contributed by atoms with E-state index in [1.54, 1.807) is 14.0 Å². The van der Waals surface area contributed by atoms with E-state index in [0.717, 1.165) is 17.4 Å². The molecule has 26 heavy (non-hydrogen) atoms. The Morgan fingerprint density at radius 2 is 2.08 bits per heavy atom. The van der Waals surface area contributed by atoms with Gasteiger partial charge in [0.15, 0.2) is 10.8 Å². The quantitative estimate of drug-likeness (QED) is 0.700. The summed E-state index contributed by atoms with van der Waals surface area (Å²) in [7, 11) is 2.78. The Morgan fingerprint density at radius 1 is 1.35 bits per heavy atom. The number of rotatable bonds is 3. The molecule has 3 aromatic rings. The van der Waals surface area contributed by atoms with E-state index in [2.05, 4.69) is 20.1 Å². The molecule has 0 saturated carbocycles. The van der Waals surface area contributed by atoms with E-state index >= 15 is 0 Å². The molecular weight excluding hydrogens is 363 g/mol. The maximum absolute atomic E-state index is 13.5. The summed E-state index contributed by atoms with van der Waals surface area (Å²) in [4.78, 5) is 40.9. The van der Waals surface area contributed by atoms with E-state index in [4.69, 9.17) is 0 Å². The Labute approximate surface area is 150 Å². The minimum Gasteiger partial charge on any atom is -0.465 e. The van der Waals surface area contributed by atoms with E-state index in [9.17, 15) is 18.8 Å². The van der Waals surface area contributed by atoms with Crippen LogP contribution in [0.15, 0.2) is 23.0 Å². The summed E-state index contributed by atoms with van der Waals surface area (Å²) >= 11 is 0.917. The molecule has 1 aromatic carbocycles. The zero-order chi connectivity index (χ0) is 19.0. The van der Waals surface area contributed by atoms with Crippen LogP contribution in [0.4, 0.5) is 9.52 Å². The number of esters is 1. The first-order valence-corrected chi connectivity index (χ1v) is 8.17. The van der Waals surface area contributed by atoms with Gasteiger partial charge >= 0.3 is 5.97 Å². The summed E-state index contributed by atoms with van der Waals surface area (Å²) in [6, 6.07) is 3.67. The molecule has 0 spiro atoms. The van der Waals surface area contributed by atoms with Crippen LogP contribution in [0.2, 0.25) is 0 Å². The van der Waals surface area contributed by atoms with E-state index in [1.807, 2.05) is 0 Å². The molecule has 0 fully saturated rings. The summed E-state index contributed by atoms with van der Waals surface area (Å²) in [5.41, 5.74) is -0.320.